The number of carbonyl (C=O) groups excluding carboxylic acids is 1. The summed E-state index contributed by atoms with van der Waals surface area (Å²) in [7, 11) is -0.0379. The smallest absolute Gasteiger partial charge is 0.305 e. The Bertz CT molecular complexity index is 146. The van der Waals surface area contributed by atoms with Crippen LogP contribution in [0.5, 0.6) is 0 Å². The first-order valence-electron chi connectivity index (χ1n) is 5.61. The van der Waals surface area contributed by atoms with Crippen molar-refractivity contribution in [2.45, 2.75) is 58.2 Å². The zero-order valence-electron chi connectivity index (χ0n) is 9.77. The van der Waals surface area contributed by atoms with Crippen molar-refractivity contribution in [1.29, 1.82) is 0 Å². The van der Waals surface area contributed by atoms with Crippen LogP contribution in [-0.4, -0.2) is 21.4 Å². The molecule has 0 amide bonds. The summed E-state index contributed by atoms with van der Waals surface area (Å²) in [5.41, 5.74) is 0. The van der Waals surface area contributed by atoms with Gasteiger partial charge in [0.2, 0.25) is 0 Å². The molecule has 0 aromatic rings. The Morgan fingerprint density at radius 2 is 1.79 bits per heavy atom. The zero-order chi connectivity index (χ0) is 10.8. The van der Waals surface area contributed by atoms with E-state index >= 15 is 0 Å². The van der Waals surface area contributed by atoms with E-state index in [2.05, 4.69) is 13.1 Å². The highest BCUT2D eigenvalue weighted by atomic mass is 28.3. The van der Waals surface area contributed by atoms with Gasteiger partial charge in [-0.15, -0.1) is 0 Å². The van der Waals surface area contributed by atoms with Crippen molar-refractivity contribution in [2.75, 3.05) is 6.61 Å². The molecule has 0 saturated heterocycles. The van der Waals surface area contributed by atoms with E-state index in [1.54, 1.807) is 0 Å². The van der Waals surface area contributed by atoms with E-state index in [0.717, 1.165) is 6.42 Å². The summed E-state index contributed by atoms with van der Waals surface area (Å²) in [6.07, 6.45) is 5.38. The number of hydrogen-bond donors (Lipinski definition) is 0. The minimum absolute atomic E-state index is 0.0379. The molecule has 0 saturated carbocycles. The number of rotatable bonds is 8. The molecular formula is C11H23O2Si. The molecule has 83 valence electrons. The fourth-order valence-electron chi connectivity index (χ4n) is 1.33. The van der Waals surface area contributed by atoms with Gasteiger partial charge in [-0.25, -0.2) is 0 Å². The molecule has 0 rings (SSSR count). The van der Waals surface area contributed by atoms with Crippen LogP contribution in [0.15, 0.2) is 0 Å². The van der Waals surface area contributed by atoms with Crippen molar-refractivity contribution in [3.63, 3.8) is 0 Å². The minimum Gasteiger partial charge on any atom is -0.466 e. The van der Waals surface area contributed by atoms with E-state index in [1.165, 1.54) is 25.3 Å². The summed E-state index contributed by atoms with van der Waals surface area (Å²) < 4.78 is 4.85. The van der Waals surface area contributed by atoms with Gasteiger partial charge in [0.05, 0.1) is 6.61 Å². The fraction of sp³-hybridized carbons (Fsp3) is 0.909. The third-order valence-electron chi connectivity index (χ3n) is 2.11. The van der Waals surface area contributed by atoms with Gasteiger partial charge in [0, 0.05) is 15.2 Å². The first-order valence-corrected chi connectivity index (χ1v) is 8.32. The molecule has 0 aliphatic carbocycles. The van der Waals surface area contributed by atoms with Crippen LogP contribution in [0.4, 0.5) is 0 Å². The lowest BCUT2D eigenvalue weighted by molar-refractivity contribution is -0.143. The number of esters is 1. The van der Waals surface area contributed by atoms with Crippen LogP contribution in [0.1, 0.15) is 39.0 Å². The summed E-state index contributed by atoms with van der Waals surface area (Å²) in [6.45, 7) is 7.06. The van der Waals surface area contributed by atoms with Gasteiger partial charge in [-0.2, -0.15) is 0 Å². The average Bonchev–Trinajstić information content (AvgIpc) is 2.11. The Balaban J connectivity index is 3.09. The van der Waals surface area contributed by atoms with Crippen molar-refractivity contribution in [3.05, 3.63) is 0 Å². The largest absolute Gasteiger partial charge is 0.466 e. The highest BCUT2D eigenvalue weighted by Crippen LogP contribution is 2.08. The van der Waals surface area contributed by atoms with Crippen molar-refractivity contribution in [3.8, 4) is 0 Å². The second kappa shape index (κ2) is 9.25. The molecule has 0 aromatic carbocycles. The molecule has 3 heteroatoms. The quantitative estimate of drug-likeness (QED) is 0.353. The van der Waals surface area contributed by atoms with Gasteiger partial charge >= 0.3 is 5.97 Å². The molecule has 0 aromatic heterocycles. The van der Waals surface area contributed by atoms with Crippen LogP contribution >= 0.6 is 0 Å². The van der Waals surface area contributed by atoms with Gasteiger partial charge in [-0.05, 0) is 13.3 Å². The molecule has 0 unspecified atom stereocenters. The van der Waals surface area contributed by atoms with E-state index in [0.29, 0.717) is 13.0 Å². The van der Waals surface area contributed by atoms with Gasteiger partial charge in [-0.3, -0.25) is 4.79 Å². The highest BCUT2D eigenvalue weighted by Gasteiger charge is 2.01. The van der Waals surface area contributed by atoms with Crippen LogP contribution in [0.3, 0.4) is 0 Å². The first kappa shape index (κ1) is 13.7. The Hall–Kier alpha value is -0.313. The highest BCUT2D eigenvalue weighted by molar-refractivity contribution is 6.55. The average molecular weight is 215 g/mol. The summed E-state index contributed by atoms with van der Waals surface area (Å²) in [5, 5.41) is 0. The molecule has 0 spiro atoms. The monoisotopic (exact) mass is 215 g/mol. The molecular weight excluding hydrogens is 192 g/mol. The van der Waals surface area contributed by atoms with Gasteiger partial charge in [0.25, 0.3) is 0 Å². The van der Waals surface area contributed by atoms with Crippen LogP contribution in [-0.2, 0) is 9.53 Å². The molecule has 0 heterocycles. The Morgan fingerprint density at radius 3 is 2.36 bits per heavy atom. The van der Waals surface area contributed by atoms with E-state index < -0.39 is 0 Å². The van der Waals surface area contributed by atoms with Gasteiger partial charge in [0.1, 0.15) is 0 Å². The van der Waals surface area contributed by atoms with E-state index in [9.17, 15) is 4.79 Å². The predicted octanol–water partition coefficient (Wildman–Crippen LogP) is 3.25. The zero-order valence-corrected chi connectivity index (χ0v) is 10.8. The number of hydrogen-bond acceptors (Lipinski definition) is 2. The van der Waals surface area contributed by atoms with Crippen LogP contribution < -0.4 is 0 Å². The molecule has 14 heavy (non-hydrogen) atoms. The lowest BCUT2D eigenvalue weighted by Crippen LogP contribution is -2.03. The van der Waals surface area contributed by atoms with Crippen molar-refractivity contribution >= 4 is 14.8 Å². The maximum atomic E-state index is 11.0. The Kier molecular flexibility index (Phi) is 9.04. The van der Waals surface area contributed by atoms with Crippen LogP contribution in [0.2, 0.25) is 19.1 Å². The Morgan fingerprint density at radius 1 is 1.14 bits per heavy atom. The SMILES string of the molecule is CCOC(=O)CCCCCC[Si](C)C. The Labute approximate surface area is 89.6 Å². The maximum Gasteiger partial charge on any atom is 0.305 e. The number of unbranched alkanes of at least 4 members (excludes halogenated alkanes) is 3. The molecule has 0 N–H and O–H groups in total. The molecule has 0 aliphatic rings. The number of ether oxygens (including phenoxy) is 1. The molecule has 0 bridgehead atoms. The van der Waals surface area contributed by atoms with Crippen molar-refractivity contribution < 1.29 is 9.53 Å². The lowest BCUT2D eigenvalue weighted by atomic mass is 10.1. The summed E-state index contributed by atoms with van der Waals surface area (Å²) in [5.74, 6) is -0.0387. The van der Waals surface area contributed by atoms with Crippen LogP contribution in [0, 0.1) is 0 Å². The molecule has 1 radical (unpaired) electrons. The van der Waals surface area contributed by atoms with Gasteiger partial charge < -0.3 is 4.74 Å². The first-order chi connectivity index (χ1) is 6.66. The minimum atomic E-state index is -0.0387. The van der Waals surface area contributed by atoms with E-state index in [-0.39, 0.29) is 14.8 Å². The molecule has 0 fully saturated rings. The molecule has 0 atom stereocenters. The molecule has 0 aliphatic heterocycles. The normalized spacial score (nSPS) is 10.6. The summed E-state index contributed by atoms with van der Waals surface area (Å²) in [6, 6.07) is 1.41. The topological polar surface area (TPSA) is 26.3 Å². The maximum absolute atomic E-state index is 11.0. The summed E-state index contributed by atoms with van der Waals surface area (Å²) >= 11 is 0. The van der Waals surface area contributed by atoms with E-state index in [4.69, 9.17) is 4.74 Å². The standard InChI is InChI=1S/C11H23O2Si/c1-4-13-11(12)9-7-5-6-8-10-14(2)3/h4-10H2,1-3H3. The van der Waals surface area contributed by atoms with Crippen molar-refractivity contribution in [2.24, 2.45) is 0 Å². The number of carbonyl (C=O) groups is 1. The fourth-order valence-corrected chi connectivity index (χ4v) is 2.29. The summed E-state index contributed by atoms with van der Waals surface area (Å²) in [4.78, 5) is 11.0. The van der Waals surface area contributed by atoms with Crippen molar-refractivity contribution in [1.82, 2.24) is 0 Å². The van der Waals surface area contributed by atoms with Gasteiger partial charge in [0.15, 0.2) is 0 Å². The van der Waals surface area contributed by atoms with E-state index in [1.807, 2.05) is 6.92 Å². The third kappa shape index (κ3) is 9.77. The van der Waals surface area contributed by atoms with Crippen LogP contribution in [0.25, 0.3) is 0 Å². The predicted molar refractivity (Wildman–Crippen MR) is 62.0 cm³/mol. The molecule has 2 nitrogen and oxygen atoms in total. The lowest BCUT2D eigenvalue weighted by Gasteiger charge is -2.03. The second-order valence-corrected chi connectivity index (χ2v) is 6.84. The second-order valence-electron chi connectivity index (χ2n) is 3.93. The van der Waals surface area contributed by atoms with Gasteiger partial charge in [-0.1, -0.05) is 38.4 Å². The third-order valence-corrected chi connectivity index (χ3v) is 3.47.